The van der Waals surface area contributed by atoms with Gasteiger partial charge in [-0.3, -0.25) is 4.90 Å². The first kappa shape index (κ1) is 16.9. The second kappa shape index (κ2) is 8.18. The lowest BCUT2D eigenvalue weighted by atomic mass is 10.2. The van der Waals surface area contributed by atoms with Crippen LogP contribution in [-0.4, -0.2) is 43.7 Å². The minimum Gasteiger partial charge on any atom is -0.491 e. The highest BCUT2D eigenvalue weighted by Gasteiger charge is 2.17. The Kier molecular flexibility index (Phi) is 7.26. The average Bonchev–Trinajstić information content (AvgIpc) is 2.34. The second-order valence-electron chi connectivity index (χ2n) is 4.51. The van der Waals surface area contributed by atoms with Crippen LogP contribution in [0.4, 0.5) is 0 Å². The smallest absolute Gasteiger partial charge is 0.138 e. The molecular weight excluding hydrogens is 307 g/mol. The number of nitrogens with zero attached hydrogens (tertiary/aromatic N) is 1. The Morgan fingerprint density at radius 1 is 1.42 bits per heavy atom. The van der Waals surface area contributed by atoms with Crippen molar-refractivity contribution < 1.29 is 4.74 Å². The molecule has 0 amide bonds. The molecule has 0 radical (unpaired) electrons. The fourth-order valence-corrected chi connectivity index (χ4v) is 2.54. The van der Waals surface area contributed by atoms with Crippen LogP contribution >= 0.6 is 35.6 Å². The second-order valence-corrected chi connectivity index (χ2v) is 5.36. The van der Waals surface area contributed by atoms with Crippen molar-refractivity contribution in [2.75, 3.05) is 32.8 Å². The van der Waals surface area contributed by atoms with Gasteiger partial charge in [0.1, 0.15) is 12.4 Å². The van der Waals surface area contributed by atoms with Gasteiger partial charge in [0.2, 0.25) is 0 Å². The van der Waals surface area contributed by atoms with Gasteiger partial charge < -0.3 is 10.1 Å². The van der Waals surface area contributed by atoms with E-state index >= 15 is 0 Å². The lowest BCUT2D eigenvalue weighted by molar-refractivity contribution is 0.143. The van der Waals surface area contributed by atoms with Gasteiger partial charge in [0.15, 0.2) is 0 Å². The van der Waals surface area contributed by atoms with Gasteiger partial charge in [-0.2, -0.15) is 0 Å². The first-order chi connectivity index (χ1) is 8.66. The molecule has 1 aliphatic rings. The molecule has 108 valence electrons. The van der Waals surface area contributed by atoms with Gasteiger partial charge in [0, 0.05) is 37.2 Å². The van der Waals surface area contributed by atoms with E-state index in [1.807, 2.05) is 6.07 Å². The molecule has 3 nitrogen and oxygen atoms in total. The quantitative estimate of drug-likeness (QED) is 0.920. The molecule has 0 saturated carbocycles. The molecule has 1 aromatic carbocycles. The van der Waals surface area contributed by atoms with Crippen LogP contribution in [0.2, 0.25) is 10.0 Å². The average molecular weight is 326 g/mol. The summed E-state index contributed by atoms with van der Waals surface area (Å²) in [5.74, 6) is 0.698. The Morgan fingerprint density at radius 3 is 2.89 bits per heavy atom. The summed E-state index contributed by atoms with van der Waals surface area (Å²) in [6, 6.07) is 5.86. The molecule has 19 heavy (non-hydrogen) atoms. The van der Waals surface area contributed by atoms with Gasteiger partial charge in [-0.05, 0) is 25.1 Å². The van der Waals surface area contributed by atoms with Crippen LogP contribution in [0.1, 0.15) is 6.92 Å². The Hall–Kier alpha value is -0.190. The molecule has 0 bridgehead atoms. The zero-order chi connectivity index (χ0) is 13.0. The lowest BCUT2D eigenvalue weighted by Crippen LogP contribution is -2.50. The first-order valence-electron chi connectivity index (χ1n) is 6.19. The summed E-state index contributed by atoms with van der Waals surface area (Å²) in [7, 11) is 0. The number of benzene rings is 1. The summed E-state index contributed by atoms with van der Waals surface area (Å²) in [4.78, 5) is 2.42. The number of hydrogen-bond acceptors (Lipinski definition) is 3. The summed E-state index contributed by atoms with van der Waals surface area (Å²) < 4.78 is 5.69. The fraction of sp³-hybridized carbons (Fsp3) is 0.538. The molecule has 0 aliphatic carbocycles. The summed E-state index contributed by atoms with van der Waals surface area (Å²) in [6.07, 6.45) is 0. The van der Waals surface area contributed by atoms with Crippen molar-refractivity contribution in [3.63, 3.8) is 0 Å². The van der Waals surface area contributed by atoms with Crippen molar-refractivity contribution in [3.8, 4) is 5.75 Å². The van der Waals surface area contributed by atoms with E-state index in [0.717, 1.165) is 26.2 Å². The minimum atomic E-state index is 0. The molecule has 0 aromatic heterocycles. The van der Waals surface area contributed by atoms with E-state index in [2.05, 4.69) is 17.1 Å². The highest BCUT2D eigenvalue weighted by atomic mass is 35.5. The number of piperazine rings is 1. The zero-order valence-electron chi connectivity index (χ0n) is 10.9. The Balaban J connectivity index is 0.00000180. The SMILES string of the molecule is CC1CNCCN1CCOc1ccc(Cl)cc1Cl.Cl. The predicted molar refractivity (Wildman–Crippen MR) is 83.1 cm³/mol. The summed E-state index contributed by atoms with van der Waals surface area (Å²) in [6.45, 7) is 6.95. The molecule has 1 atom stereocenters. The van der Waals surface area contributed by atoms with Crippen molar-refractivity contribution in [1.82, 2.24) is 10.2 Å². The summed E-state index contributed by atoms with van der Waals surface area (Å²) >= 11 is 11.9. The topological polar surface area (TPSA) is 24.5 Å². The van der Waals surface area contributed by atoms with E-state index in [-0.39, 0.29) is 12.4 Å². The van der Waals surface area contributed by atoms with Crippen LogP contribution < -0.4 is 10.1 Å². The standard InChI is InChI=1S/C13H18Cl2N2O.ClH/c1-10-9-16-4-5-17(10)6-7-18-13-3-2-11(14)8-12(13)15;/h2-3,8,10,16H,4-7,9H2,1H3;1H. The molecular formula is C13H19Cl3N2O. The van der Waals surface area contributed by atoms with Crippen molar-refractivity contribution in [2.45, 2.75) is 13.0 Å². The maximum atomic E-state index is 6.05. The van der Waals surface area contributed by atoms with Gasteiger partial charge in [0.05, 0.1) is 5.02 Å². The maximum absolute atomic E-state index is 6.05. The maximum Gasteiger partial charge on any atom is 0.138 e. The van der Waals surface area contributed by atoms with Crippen molar-refractivity contribution in [1.29, 1.82) is 0 Å². The lowest BCUT2D eigenvalue weighted by Gasteiger charge is -2.33. The number of nitrogens with one attached hydrogen (secondary N) is 1. The highest BCUT2D eigenvalue weighted by molar-refractivity contribution is 6.35. The fourth-order valence-electron chi connectivity index (χ4n) is 2.08. The normalized spacial score (nSPS) is 19.8. The number of ether oxygens (including phenoxy) is 1. The number of rotatable bonds is 4. The van der Waals surface area contributed by atoms with E-state index in [4.69, 9.17) is 27.9 Å². The van der Waals surface area contributed by atoms with Crippen molar-refractivity contribution in [3.05, 3.63) is 28.2 Å². The van der Waals surface area contributed by atoms with E-state index in [1.54, 1.807) is 12.1 Å². The van der Waals surface area contributed by atoms with Crippen LogP contribution in [0.5, 0.6) is 5.75 Å². The monoisotopic (exact) mass is 324 g/mol. The summed E-state index contributed by atoms with van der Waals surface area (Å²) in [5, 5.41) is 4.56. The van der Waals surface area contributed by atoms with E-state index in [9.17, 15) is 0 Å². The van der Waals surface area contributed by atoms with Crippen LogP contribution in [-0.2, 0) is 0 Å². The van der Waals surface area contributed by atoms with Gasteiger partial charge >= 0.3 is 0 Å². The van der Waals surface area contributed by atoms with Gasteiger partial charge in [-0.1, -0.05) is 23.2 Å². The minimum absolute atomic E-state index is 0. The highest BCUT2D eigenvalue weighted by Crippen LogP contribution is 2.27. The van der Waals surface area contributed by atoms with E-state index in [0.29, 0.717) is 28.4 Å². The van der Waals surface area contributed by atoms with Crippen LogP contribution in [0.25, 0.3) is 0 Å². The van der Waals surface area contributed by atoms with Crippen molar-refractivity contribution >= 4 is 35.6 Å². The summed E-state index contributed by atoms with van der Waals surface area (Å²) in [5.41, 5.74) is 0. The van der Waals surface area contributed by atoms with Crippen LogP contribution in [0, 0.1) is 0 Å². The van der Waals surface area contributed by atoms with Gasteiger partial charge in [-0.15, -0.1) is 12.4 Å². The zero-order valence-corrected chi connectivity index (χ0v) is 13.2. The first-order valence-corrected chi connectivity index (χ1v) is 6.95. The van der Waals surface area contributed by atoms with Crippen LogP contribution in [0.15, 0.2) is 18.2 Å². The Morgan fingerprint density at radius 2 is 2.21 bits per heavy atom. The third-order valence-electron chi connectivity index (χ3n) is 3.17. The van der Waals surface area contributed by atoms with Gasteiger partial charge in [-0.25, -0.2) is 0 Å². The van der Waals surface area contributed by atoms with Gasteiger partial charge in [0.25, 0.3) is 0 Å². The van der Waals surface area contributed by atoms with Crippen LogP contribution in [0.3, 0.4) is 0 Å². The third kappa shape index (κ3) is 5.01. The molecule has 1 aromatic rings. The molecule has 1 N–H and O–H groups in total. The third-order valence-corrected chi connectivity index (χ3v) is 3.70. The molecule has 1 heterocycles. The van der Waals surface area contributed by atoms with Crippen molar-refractivity contribution in [2.24, 2.45) is 0 Å². The number of hydrogen-bond donors (Lipinski definition) is 1. The number of halogens is 3. The molecule has 1 unspecified atom stereocenters. The largest absolute Gasteiger partial charge is 0.491 e. The predicted octanol–water partition coefficient (Wildman–Crippen LogP) is 3.09. The molecule has 2 rings (SSSR count). The molecule has 1 aliphatic heterocycles. The molecule has 1 saturated heterocycles. The Labute approximate surface area is 130 Å². The van der Waals surface area contributed by atoms with E-state index in [1.165, 1.54) is 0 Å². The van der Waals surface area contributed by atoms with E-state index < -0.39 is 0 Å². The molecule has 1 fully saturated rings. The Bertz CT molecular complexity index is 403. The molecule has 6 heteroatoms. The molecule has 0 spiro atoms.